The lowest BCUT2D eigenvalue weighted by Gasteiger charge is -2.54. The quantitative estimate of drug-likeness (QED) is 0.901. The largest absolute Gasteiger partial charge is 0.348 e. The highest BCUT2D eigenvalue weighted by atomic mass is 16.2. The van der Waals surface area contributed by atoms with Crippen molar-refractivity contribution in [2.75, 3.05) is 6.54 Å². The van der Waals surface area contributed by atoms with Gasteiger partial charge in [0.25, 0.3) is 5.91 Å². The summed E-state index contributed by atoms with van der Waals surface area (Å²) in [5, 5.41) is 8.53. The van der Waals surface area contributed by atoms with E-state index in [-0.39, 0.29) is 17.9 Å². The number of piperidine rings is 4. The van der Waals surface area contributed by atoms with Gasteiger partial charge in [0, 0.05) is 36.5 Å². The van der Waals surface area contributed by atoms with E-state index in [9.17, 15) is 9.59 Å². The molecule has 2 unspecified atom stereocenters. The van der Waals surface area contributed by atoms with Crippen molar-refractivity contribution in [3.05, 3.63) is 30.0 Å². The number of carbonyl (C=O) groups excluding carboxylic acids is 2. The molecule has 4 aliphatic heterocycles. The van der Waals surface area contributed by atoms with Gasteiger partial charge in [0.2, 0.25) is 0 Å². The number of fused-ring (bicyclic) bond motifs is 2. The highest BCUT2D eigenvalue weighted by Crippen LogP contribution is 2.41. The second-order valence-electron chi connectivity index (χ2n) is 7.75. The van der Waals surface area contributed by atoms with Gasteiger partial charge in [0.15, 0.2) is 5.69 Å². The van der Waals surface area contributed by atoms with Crippen LogP contribution >= 0.6 is 0 Å². The molecule has 0 radical (unpaired) electrons. The van der Waals surface area contributed by atoms with Crippen LogP contribution in [-0.4, -0.2) is 51.0 Å². The van der Waals surface area contributed by atoms with Gasteiger partial charge in [-0.25, -0.2) is 0 Å². The van der Waals surface area contributed by atoms with Crippen molar-refractivity contribution >= 4 is 22.6 Å². The SMILES string of the molecule is Cn1nc(C(=O)NC2CC3CC4CC(C2)N3CC4=O)c2ccccc21. The first-order valence-electron chi connectivity index (χ1n) is 9.11. The number of hydrogen-bond acceptors (Lipinski definition) is 4. The number of Topliss-reactive ketones (excluding diaryl/α,β-unsaturated/α-hetero) is 1. The highest BCUT2D eigenvalue weighted by Gasteiger charge is 2.48. The monoisotopic (exact) mass is 338 g/mol. The molecule has 25 heavy (non-hydrogen) atoms. The Balaban J connectivity index is 1.34. The molecule has 130 valence electrons. The van der Waals surface area contributed by atoms with Crippen LogP contribution in [0.25, 0.3) is 10.9 Å². The molecule has 6 nitrogen and oxygen atoms in total. The van der Waals surface area contributed by atoms with Crippen LogP contribution in [0, 0.1) is 5.92 Å². The van der Waals surface area contributed by atoms with E-state index < -0.39 is 0 Å². The number of rotatable bonds is 2. The maximum Gasteiger partial charge on any atom is 0.272 e. The van der Waals surface area contributed by atoms with Gasteiger partial charge in [0.1, 0.15) is 5.78 Å². The third kappa shape index (κ3) is 2.31. The van der Waals surface area contributed by atoms with Gasteiger partial charge in [-0.2, -0.15) is 5.10 Å². The Kier molecular flexibility index (Phi) is 3.25. The van der Waals surface area contributed by atoms with Crippen LogP contribution in [0.5, 0.6) is 0 Å². The Morgan fingerprint density at radius 3 is 2.60 bits per heavy atom. The summed E-state index contributed by atoms with van der Waals surface area (Å²) in [6, 6.07) is 8.88. The average Bonchev–Trinajstić information content (AvgIpc) is 2.92. The molecular formula is C19H22N4O2. The maximum atomic E-state index is 12.8. The molecule has 4 aliphatic rings. The normalized spacial score (nSPS) is 33.6. The summed E-state index contributed by atoms with van der Waals surface area (Å²) in [6.45, 7) is 0.617. The van der Waals surface area contributed by atoms with Crippen molar-refractivity contribution < 1.29 is 9.59 Å². The molecule has 6 rings (SSSR count). The zero-order valence-electron chi connectivity index (χ0n) is 14.3. The number of para-hydroxylation sites is 1. The van der Waals surface area contributed by atoms with E-state index in [2.05, 4.69) is 15.3 Å². The third-order valence-electron chi connectivity index (χ3n) is 6.27. The Labute approximate surface area is 146 Å². The number of aryl methyl sites for hydroxylation is 1. The minimum absolute atomic E-state index is 0.0852. The number of amides is 1. The predicted octanol–water partition coefficient (Wildman–Crippen LogP) is 1.50. The molecule has 5 heterocycles. The summed E-state index contributed by atoms with van der Waals surface area (Å²) in [7, 11) is 1.87. The molecule has 4 bridgehead atoms. The first kappa shape index (κ1) is 15.1. The van der Waals surface area contributed by atoms with Crippen molar-refractivity contribution in [3.8, 4) is 0 Å². The number of nitrogens with one attached hydrogen (secondary N) is 1. The van der Waals surface area contributed by atoms with E-state index in [0.29, 0.717) is 30.1 Å². The van der Waals surface area contributed by atoms with E-state index in [1.807, 2.05) is 31.3 Å². The smallest absolute Gasteiger partial charge is 0.272 e. The van der Waals surface area contributed by atoms with Crippen LogP contribution in [0.15, 0.2) is 24.3 Å². The second-order valence-corrected chi connectivity index (χ2v) is 7.75. The molecule has 6 heteroatoms. The van der Waals surface area contributed by atoms with E-state index >= 15 is 0 Å². The summed E-state index contributed by atoms with van der Waals surface area (Å²) >= 11 is 0. The van der Waals surface area contributed by atoms with E-state index in [1.165, 1.54) is 0 Å². The van der Waals surface area contributed by atoms with Crippen LogP contribution < -0.4 is 5.32 Å². The van der Waals surface area contributed by atoms with Crippen molar-refractivity contribution in [2.45, 2.75) is 43.8 Å². The van der Waals surface area contributed by atoms with Gasteiger partial charge in [-0.3, -0.25) is 19.2 Å². The minimum atomic E-state index is -0.0852. The van der Waals surface area contributed by atoms with Gasteiger partial charge >= 0.3 is 0 Å². The molecule has 1 amide bonds. The lowest BCUT2D eigenvalue weighted by atomic mass is 9.71. The molecule has 0 saturated carbocycles. The molecule has 0 spiro atoms. The first-order chi connectivity index (χ1) is 12.1. The minimum Gasteiger partial charge on any atom is -0.348 e. The first-order valence-corrected chi connectivity index (χ1v) is 9.11. The Morgan fingerprint density at radius 1 is 1.16 bits per heavy atom. The lowest BCUT2D eigenvalue weighted by Crippen LogP contribution is -2.64. The van der Waals surface area contributed by atoms with Crippen LogP contribution in [-0.2, 0) is 11.8 Å². The number of carbonyl (C=O) groups is 2. The second kappa shape index (κ2) is 5.39. The highest BCUT2D eigenvalue weighted by molar-refractivity contribution is 6.04. The molecule has 2 atom stereocenters. The van der Waals surface area contributed by atoms with Gasteiger partial charge in [0.05, 0.1) is 12.1 Å². The fourth-order valence-corrected chi connectivity index (χ4v) is 5.12. The third-order valence-corrected chi connectivity index (χ3v) is 6.27. The average molecular weight is 338 g/mol. The van der Waals surface area contributed by atoms with Crippen LogP contribution in [0.1, 0.15) is 36.2 Å². The molecule has 2 aromatic rings. The fourth-order valence-electron chi connectivity index (χ4n) is 5.12. The maximum absolute atomic E-state index is 12.8. The van der Waals surface area contributed by atoms with Crippen LogP contribution in [0.2, 0.25) is 0 Å². The molecule has 1 aromatic carbocycles. The molecule has 1 aromatic heterocycles. The zero-order valence-corrected chi connectivity index (χ0v) is 14.3. The van der Waals surface area contributed by atoms with E-state index in [0.717, 1.165) is 36.6 Å². The van der Waals surface area contributed by atoms with E-state index in [4.69, 9.17) is 0 Å². The van der Waals surface area contributed by atoms with Gasteiger partial charge in [-0.1, -0.05) is 18.2 Å². The van der Waals surface area contributed by atoms with Crippen LogP contribution in [0.4, 0.5) is 0 Å². The Bertz CT molecular complexity index is 857. The summed E-state index contributed by atoms with van der Waals surface area (Å²) in [5.74, 6) is 0.587. The van der Waals surface area contributed by atoms with Crippen molar-refractivity contribution in [1.29, 1.82) is 0 Å². The van der Waals surface area contributed by atoms with Crippen molar-refractivity contribution in [1.82, 2.24) is 20.0 Å². The number of hydrogen-bond donors (Lipinski definition) is 1. The Hall–Kier alpha value is -2.21. The topological polar surface area (TPSA) is 67.2 Å². The van der Waals surface area contributed by atoms with Gasteiger partial charge in [-0.15, -0.1) is 0 Å². The van der Waals surface area contributed by atoms with Crippen molar-refractivity contribution in [3.63, 3.8) is 0 Å². The molecule has 1 N–H and O–H groups in total. The molecule has 0 aliphatic carbocycles. The molecular weight excluding hydrogens is 316 g/mol. The number of aromatic nitrogens is 2. The molecule has 4 saturated heterocycles. The summed E-state index contributed by atoms with van der Waals surface area (Å²) in [5.41, 5.74) is 1.47. The number of ketones is 1. The Morgan fingerprint density at radius 2 is 1.88 bits per heavy atom. The van der Waals surface area contributed by atoms with E-state index in [1.54, 1.807) is 4.68 Å². The van der Waals surface area contributed by atoms with Crippen LogP contribution in [0.3, 0.4) is 0 Å². The zero-order chi connectivity index (χ0) is 17.1. The predicted molar refractivity (Wildman–Crippen MR) is 93.2 cm³/mol. The summed E-state index contributed by atoms with van der Waals surface area (Å²) in [6.07, 6.45) is 3.82. The van der Waals surface area contributed by atoms with Gasteiger partial charge < -0.3 is 5.32 Å². The van der Waals surface area contributed by atoms with Gasteiger partial charge in [-0.05, 0) is 31.7 Å². The fraction of sp³-hybridized carbons (Fsp3) is 0.526. The summed E-state index contributed by atoms with van der Waals surface area (Å²) < 4.78 is 1.76. The summed E-state index contributed by atoms with van der Waals surface area (Å²) in [4.78, 5) is 27.1. The standard InChI is InChI=1S/C19H22N4O2/c1-22-16-5-3-2-4-15(16)18(21-22)19(25)20-12-8-13-6-11-7-14(9-12)23(13)10-17(11)24/h2-5,11-14H,6-10H2,1H3,(H,20,25). The lowest BCUT2D eigenvalue weighted by molar-refractivity contribution is -0.141. The van der Waals surface area contributed by atoms with Crippen molar-refractivity contribution in [2.24, 2.45) is 13.0 Å². The number of benzene rings is 1. The molecule has 4 fully saturated rings. The number of nitrogens with zero attached hydrogens (tertiary/aromatic N) is 3.